The fourth-order valence-electron chi connectivity index (χ4n) is 4.55. The second-order valence-corrected chi connectivity index (χ2v) is 8.39. The topological polar surface area (TPSA) is 0 Å². The van der Waals surface area contributed by atoms with E-state index in [1.54, 1.807) is 5.56 Å². The van der Waals surface area contributed by atoms with E-state index >= 15 is 0 Å². The van der Waals surface area contributed by atoms with Crippen molar-refractivity contribution >= 4 is 0 Å². The molecule has 0 heterocycles. The van der Waals surface area contributed by atoms with E-state index in [9.17, 15) is 0 Å². The van der Waals surface area contributed by atoms with Crippen LogP contribution in [0.4, 0.5) is 0 Å². The molecular formula is C25H30. The third-order valence-electron chi connectivity index (χ3n) is 6.35. The largest absolute Gasteiger partial charge is 0.0879 e. The van der Waals surface area contributed by atoms with Crippen molar-refractivity contribution in [2.24, 2.45) is 11.8 Å². The monoisotopic (exact) mass is 330 g/mol. The van der Waals surface area contributed by atoms with E-state index in [-0.39, 0.29) is 0 Å². The fourth-order valence-corrected chi connectivity index (χ4v) is 4.55. The molecule has 130 valence electrons. The number of hydrogen-bond acceptors (Lipinski definition) is 0. The van der Waals surface area contributed by atoms with Crippen LogP contribution in [0.25, 0.3) is 0 Å². The number of allylic oxidation sites excluding steroid dienone is 2. The first-order valence-corrected chi connectivity index (χ1v) is 9.97. The van der Waals surface area contributed by atoms with Gasteiger partial charge in [-0.05, 0) is 80.8 Å². The molecule has 0 spiro atoms. The van der Waals surface area contributed by atoms with Gasteiger partial charge in [-0.25, -0.2) is 0 Å². The smallest absolute Gasteiger partial charge is 0.00928 e. The number of hydrogen-bond donors (Lipinski definition) is 0. The minimum atomic E-state index is 0.755. The van der Waals surface area contributed by atoms with Crippen LogP contribution in [0.15, 0.2) is 60.7 Å². The molecule has 0 amide bonds. The van der Waals surface area contributed by atoms with Gasteiger partial charge in [0.15, 0.2) is 0 Å². The molecule has 3 atom stereocenters. The van der Waals surface area contributed by atoms with Crippen molar-refractivity contribution in [1.82, 2.24) is 0 Å². The van der Waals surface area contributed by atoms with Crippen molar-refractivity contribution in [3.8, 4) is 0 Å². The average Bonchev–Trinajstić information content (AvgIpc) is 3.05. The summed E-state index contributed by atoms with van der Waals surface area (Å²) in [5.41, 5.74) is 5.81. The molecule has 0 nitrogen and oxygen atoms in total. The van der Waals surface area contributed by atoms with Crippen molar-refractivity contribution in [2.75, 3.05) is 0 Å². The highest BCUT2D eigenvalue weighted by atomic mass is 14.5. The molecular weight excluding hydrogens is 300 g/mol. The van der Waals surface area contributed by atoms with Crippen molar-refractivity contribution in [2.45, 2.75) is 57.8 Å². The Morgan fingerprint density at radius 1 is 0.560 bits per heavy atom. The molecule has 3 aliphatic rings. The van der Waals surface area contributed by atoms with Crippen molar-refractivity contribution in [1.29, 1.82) is 0 Å². The molecule has 0 N–H and O–H groups in total. The van der Waals surface area contributed by atoms with E-state index in [4.69, 9.17) is 0 Å². The molecule has 0 aromatic heterocycles. The molecule has 0 aliphatic heterocycles. The lowest BCUT2D eigenvalue weighted by atomic mass is 9.94. The Balaban J connectivity index is 0.000000126. The van der Waals surface area contributed by atoms with Gasteiger partial charge in [0.2, 0.25) is 0 Å². The predicted molar refractivity (Wildman–Crippen MR) is 107 cm³/mol. The van der Waals surface area contributed by atoms with E-state index in [0.29, 0.717) is 0 Å². The van der Waals surface area contributed by atoms with Gasteiger partial charge < -0.3 is 0 Å². The van der Waals surface area contributed by atoms with Crippen LogP contribution in [0.3, 0.4) is 0 Å². The van der Waals surface area contributed by atoms with E-state index in [1.165, 1.54) is 48.8 Å². The van der Waals surface area contributed by atoms with Gasteiger partial charge in [0, 0.05) is 0 Å². The van der Waals surface area contributed by atoms with Crippen LogP contribution in [-0.2, 0) is 0 Å². The number of aryl methyl sites for hydroxylation is 2. The standard InChI is InChI=1S/C13H16.C12H14/c1-9-2-4-10(5-3-9)11-6-12-8-13(12)7-11;1-10-6-8-12(9-7-10)11-4-2-3-5-11/h2-5,11-13H,6-8H2,1H3;2-3,6-9,11H,4-5H2,1H3/t11?,12-,13+;. The highest BCUT2D eigenvalue weighted by Gasteiger charge is 2.45. The van der Waals surface area contributed by atoms with Gasteiger partial charge in [0.05, 0.1) is 0 Å². The number of rotatable bonds is 2. The summed E-state index contributed by atoms with van der Waals surface area (Å²) in [7, 11) is 0. The lowest BCUT2D eigenvalue weighted by Crippen LogP contribution is -1.95. The molecule has 0 bridgehead atoms. The van der Waals surface area contributed by atoms with Crippen LogP contribution in [0.2, 0.25) is 0 Å². The summed E-state index contributed by atoms with van der Waals surface area (Å²) >= 11 is 0. The Hall–Kier alpha value is -1.82. The van der Waals surface area contributed by atoms with Gasteiger partial charge in [0.25, 0.3) is 0 Å². The van der Waals surface area contributed by atoms with Gasteiger partial charge in [-0.1, -0.05) is 71.8 Å². The predicted octanol–water partition coefficient (Wildman–Crippen LogP) is 6.94. The first kappa shape index (κ1) is 16.6. The van der Waals surface area contributed by atoms with Gasteiger partial charge in [-0.2, -0.15) is 0 Å². The van der Waals surface area contributed by atoms with E-state index in [2.05, 4.69) is 74.5 Å². The van der Waals surface area contributed by atoms with Gasteiger partial charge in [0.1, 0.15) is 0 Å². The first-order chi connectivity index (χ1) is 12.2. The zero-order valence-corrected chi connectivity index (χ0v) is 15.6. The summed E-state index contributed by atoms with van der Waals surface area (Å²) in [5, 5.41) is 0. The van der Waals surface area contributed by atoms with Crippen molar-refractivity contribution < 1.29 is 0 Å². The van der Waals surface area contributed by atoms with E-state index in [0.717, 1.165) is 23.7 Å². The highest BCUT2D eigenvalue weighted by molar-refractivity contribution is 5.27. The van der Waals surface area contributed by atoms with Crippen LogP contribution >= 0.6 is 0 Å². The quantitative estimate of drug-likeness (QED) is 0.523. The Morgan fingerprint density at radius 2 is 1.00 bits per heavy atom. The second-order valence-electron chi connectivity index (χ2n) is 8.39. The molecule has 0 saturated heterocycles. The molecule has 0 heteroatoms. The summed E-state index contributed by atoms with van der Waals surface area (Å²) in [6, 6.07) is 18.1. The number of benzene rings is 2. The molecule has 2 fully saturated rings. The SMILES string of the molecule is Cc1ccc(C2CC=CC2)cc1.Cc1ccc(C2C[C@@H]3C[C@@H]3C2)cc1. The third kappa shape index (κ3) is 4.06. The zero-order chi connectivity index (χ0) is 17.2. The third-order valence-corrected chi connectivity index (χ3v) is 6.35. The minimum absolute atomic E-state index is 0.755. The van der Waals surface area contributed by atoms with E-state index in [1.807, 2.05) is 0 Å². The normalized spacial score (nSPS) is 26.9. The molecule has 2 aromatic carbocycles. The van der Waals surface area contributed by atoms with E-state index < -0.39 is 0 Å². The molecule has 0 radical (unpaired) electrons. The average molecular weight is 331 g/mol. The van der Waals surface area contributed by atoms with Crippen molar-refractivity contribution in [3.05, 3.63) is 82.9 Å². The Kier molecular flexibility index (Phi) is 4.79. The maximum atomic E-state index is 2.32. The Labute approximate surface area is 153 Å². The van der Waals surface area contributed by atoms with Gasteiger partial charge >= 0.3 is 0 Å². The highest BCUT2D eigenvalue weighted by Crippen LogP contribution is 2.57. The van der Waals surface area contributed by atoms with Crippen molar-refractivity contribution in [3.63, 3.8) is 0 Å². The Bertz CT molecular complexity index is 702. The summed E-state index contributed by atoms with van der Waals surface area (Å²) in [6.45, 7) is 4.30. The summed E-state index contributed by atoms with van der Waals surface area (Å²) in [4.78, 5) is 0. The van der Waals surface area contributed by atoms with Gasteiger partial charge in [-0.3, -0.25) is 0 Å². The molecule has 2 aromatic rings. The Morgan fingerprint density at radius 3 is 1.48 bits per heavy atom. The maximum Gasteiger partial charge on any atom is -0.00928 e. The molecule has 25 heavy (non-hydrogen) atoms. The van der Waals surface area contributed by atoms with Gasteiger partial charge in [-0.15, -0.1) is 0 Å². The summed E-state index contributed by atoms with van der Waals surface area (Å²) in [5.74, 6) is 3.85. The second kappa shape index (κ2) is 7.20. The molecule has 5 rings (SSSR count). The van der Waals surface area contributed by atoms with Crippen LogP contribution in [-0.4, -0.2) is 0 Å². The van der Waals surface area contributed by atoms with Crippen LogP contribution in [0.1, 0.15) is 66.2 Å². The maximum absolute atomic E-state index is 2.32. The lowest BCUT2D eigenvalue weighted by Gasteiger charge is -2.11. The first-order valence-electron chi connectivity index (χ1n) is 9.97. The lowest BCUT2D eigenvalue weighted by molar-refractivity contribution is 0.624. The summed E-state index contributed by atoms with van der Waals surface area (Å²) < 4.78 is 0. The summed E-state index contributed by atoms with van der Waals surface area (Å²) in [6.07, 6.45) is 11.5. The number of fused-ring (bicyclic) bond motifs is 1. The van der Waals surface area contributed by atoms with Crippen LogP contribution < -0.4 is 0 Å². The van der Waals surface area contributed by atoms with Crippen LogP contribution in [0.5, 0.6) is 0 Å². The molecule has 3 aliphatic carbocycles. The fraction of sp³-hybridized carbons (Fsp3) is 0.440. The minimum Gasteiger partial charge on any atom is -0.0879 e. The zero-order valence-electron chi connectivity index (χ0n) is 15.6. The molecule has 2 saturated carbocycles. The molecule has 1 unspecified atom stereocenters. The van der Waals surface area contributed by atoms with Crippen LogP contribution in [0, 0.1) is 25.7 Å².